The summed E-state index contributed by atoms with van der Waals surface area (Å²) in [6.07, 6.45) is 0. The van der Waals surface area contributed by atoms with E-state index in [2.05, 4.69) is 33.5 Å². The van der Waals surface area contributed by atoms with Crippen molar-refractivity contribution >= 4 is 44.9 Å². The van der Waals surface area contributed by atoms with E-state index in [-0.39, 0.29) is 10.9 Å². The molecule has 0 aliphatic heterocycles. The maximum Gasteiger partial charge on any atom is 0.293 e. The van der Waals surface area contributed by atoms with Crippen LogP contribution in [0, 0.1) is 20.8 Å². The number of hydrogen-bond acceptors (Lipinski definition) is 3. The first-order valence-corrected chi connectivity index (χ1v) is 9.59. The van der Waals surface area contributed by atoms with E-state index in [4.69, 9.17) is 16.6 Å². The van der Waals surface area contributed by atoms with E-state index in [1.807, 2.05) is 50.2 Å². The maximum atomic E-state index is 12.4. The number of amides is 1. The predicted molar refractivity (Wildman–Crippen MR) is 116 cm³/mol. The summed E-state index contributed by atoms with van der Waals surface area (Å²) in [5, 5.41) is 5.89. The Balaban J connectivity index is 1.68. The highest BCUT2D eigenvalue weighted by Gasteiger charge is 2.14. The number of carbonyl (C=O) groups excluding carboxylic acids is 1. The zero-order chi connectivity index (χ0) is 19.6. The van der Waals surface area contributed by atoms with Gasteiger partial charge in [0.15, 0.2) is 10.9 Å². The Kier molecular flexibility index (Phi) is 5.77. The molecule has 0 unspecified atom stereocenters. The van der Waals surface area contributed by atoms with Crippen molar-refractivity contribution in [3.05, 3.63) is 75.5 Å². The van der Waals surface area contributed by atoms with Crippen LogP contribution in [-0.2, 0) is 0 Å². The molecule has 2 aromatic carbocycles. The quantitative estimate of drug-likeness (QED) is 0.506. The third-order valence-electron chi connectivity index (χ3n) is 4.28. The van der Waals surface area contributed by atoms with Crippen molar-refractivity contribution in [3.8, 4) is 11.3 Å². The molecular weight excluding hydrogens is 424 g/mol. The lowest BCUT2D eigenvalue weighted by Gasteiger charge is -2.11. The molecule has 1 heterocycles. The fourth-order valence-corrected chi connectivity index (χ4v) is 3.27. The second-order valence-corrected chi connectivity index (χ2v) is 7.65. The molecule has 3 aromatic rings. The van der Waals surface area contributed by atoms with Gasteiger partial charge >= 0.3 is 0 Å². The molecule has 0 saturated carbocycles. The van der Waals surface area contributed by atoms with Crippen LogP contribution in [0.1, 0.15) is 27.2 Å². The molecule has 0 aliphatic carbocycles. The van der Waals surface area contributed by atoms with Gasteiger partial charge < -0.3 is 9.73 Å². The van der Waals surface area contributed by atoms with Gasteiger partial charge in [0.2, 0.25) is 0 Å². The Hall–Kier alpha value is -2.44. The Morgan fingerprint density at radius 3 is 2.44 bits per heavy atom. The Bertz CT molecular complexity index is 1030. The van der Waals surface area contributed by atoms with E-state index in [1.165, 1.54) is 11.1 Å². The van der Waals surface area contributed by atoms with E-state index in [1.54, 1.807) is 12.1 Å². The topological polar surface area (TPSA) is 54.3 Å². The molecule has 2 N–H and O–H groups in total. The molecule has 0 atom stereocenters. The molecule has 3 rings (SSSR count). The summed E-state index contributed by atoms with van der Waals surface area (Å²) in [6.45, 7) is 6.06. The van der Waals surface area contributed by atoms with E-state index < -0.39 is 5.91 Å². The first-order valence-electron chi connectivity index (χ1n) is 8.39. The van der Waals surface area contributed by atoms with Crippen LogP contribution in [0.25, 0.3) is 11.3 Å². The predicted octanol–water partition coefficient (Wildman–Crippen LogP) is 5.76. The number of rotatable bonds is 3. The minimum atomic E-state index is -0.391. The number of furan rings is 1. The molecule has 0 saturated heterocycles. The maximum absolute atomic E-state index is 12.4. The van der Waals surface area contributed by atoms with Crippen LogP contribution in [0.5, 0.6) is 0 Å². The van der Waals surface area contributed by atoms with Gasteiger partial charge in [-0.3, -0.25) is 10.1 Å². The van der Waals surface area contributed by atoms with E-state index >= 15 is 0 Å². The summed E-state index contributed by atoms with van der Waals surface area (Å²) in [6, 6.07) is 15.2. The van der Waals surface area contributed by atoms with Crippen LogP contribution in [-0.4, -0.2) is 11.0 Å². The lowest BCUT2D eigenvalue weighted by Crippen LogP contribution is -2.34. The fourth-order valence-electron chi connectivity index (χ4n) is 2.60. The molecule has 0 radical (unpaired) electrons. The van der Waals surface area contributed by atoms with Crippen LogP contribution in [0.3, 0.4) is 0 Å². The SMILES string of the molecule is Cc1ccc(-c2ccc(C(=O)NC(=S)Nc3ccc(Br)cc3C)o2)cc1C. The lowest BCUT2D eigenvalue weighted by atomic mass is 10.1. The number of carbonyl (C=O) groups is 1. The summed E-state index contributed by atoms with van der Waals surface area (Å²) in [5.74, 6) is 0.461. The summed E-state index contributed by atoms with van der Waals surface area (Å²) < 4.78 is 6.69. The van der Waals surface area contributed by atoms with Crippen molar-refractivity contribution in [3.63, 3.8) is 0 Å². The van der Waals surface area contributed by atoms with Crippen molar-refractivity contribution in [2.24, 2.45) is 0 Å². The van der Waals surface area contributed by atoms with Crippen LogP contribution >= 0.6 is 28.1 Å². The molecule has 0 bridgehead atoms. The second-order valence-electron chi connectivity index (χ2n) is 6.33. The molecule has 138 valence electrons. The molecule has 1 aromatic heterocycles. The van der Waals surface area contributed by atoms with Gasteiger partial charge in [-0.25, -0.2) is 0 Å². The van der Waals surface area contributed by atoms with Crippen LogP contribution in [0.2, 0.25) is 0 Å². The smallest absolute Gasteiger partial charge is 0.293 e. The van der Waals surface area contributed by atoms with Gasteiger partial charge in [-0.1, -0.05) is 28.1 Å². The highest BCUT2D eigenvalue weighted by atomic mass is 79.9. The van der Waals surface area contributed by atoms with Crippen molar-refractivity contribution in [1.82, 2.24) is 5.32 Å². The van der Waals surface area contributed by atoms with Crippen LogP contribution < -0.4 is 10.6 Å². The third-order valence-corrected chi connectivity index (χ3v) is 4.98. The van der Waals surface area contributed by atoms with Crippen molar-refractivity contribution in [2.75, 3.05) is 5.32 Å². The monoisotopic (exact) mass is 442 g/mol. The number of nitrogens with one attached hydrogen (secondary N) is 2. The molecule has 6 heteroatoms. The molecule has 0 aliphatic rings. The van der Waals surface area contributed by atoms with Gasteiger partial charge in [-0.2, -0.15) is 0 Å². The minimum absolute atomic E-state index is 0.208. The van der Waals surface area contributed by atoms with Crippen molar-refractivity contribution < 1.29 is 9.21 Å². The largest absolute Gasteiger partial charge is 0.451 e. The van der Waals surface area contributed by atoms with Gasteiger partial charge in [-0.05, 0) is 86.1 Å². The molecule has 1 amide bonds. The summed E-state index contributed by atoms with van der Waals surface area (Å²) in [5.41, 5.74) is 5.16. The second kappa shape index (κ2) is 8.06. The Labute approximate surface area is 172 Å². The molecule has 0 fully saturated rings. The molecule has 27 heavy (non-hydrogen) atoms. The first-order chi connectivity index (χ1) is 12.8. The third kappa shape index (κ3) is 4.64. The molecule has 0 spiro atoms. The van der Waals surface area contributed by atoms with E-state index in [0.717, 1.165) is 21.3 Å². The number of thiocarbonyl (C=S) groups is 1. The number of anilines is 1. The number of benzene rings is 2. The highest BCUT2D eigenvalue weighted by Crippen LogP contribution is 2.24. The van der Waals surface area contributed by atoms with Crippen LogP contribution in [0.4, 0.5) is 5.69 Å². The van der Waals surface area contributed by atoms with Crippen LogP contribution in [0.15, 0.2) is 57.4 Å². The number of aryl methyl sites for hydroxylation is 3. The summed E-state index contributed by atoms with van der Waals surface area (Å²) in [4.78, 5) is 12.4. The summed E-state index contributed by atoms with van der Waals surface area (Å²) >= 11 is 8.66. The van der Waals surface area contributed by atoms with Gasteiger partial charge in [0.1, 0.15) is 5.76 Å². The standard InChI is InChI=1S/C21H19BrN2O2S/c1-12-4-5-15(10-13(12)2)18-8-9-19(26-18)20(25)24-21(27)23-17-7-6-16(22)11-14(17)3/h4-11H,1-3H3,(H2,23,24,25,27). The molecular formula is C21H19BrN2O2S. The lowest BCUT2D eigenvalue weighted by molar-refractivity contribution is 0.0951. The fraction of sp³-hybridized carbons (Fsp3) is 0.143. The van der Waals surface area contributed by atoms with Gasteiger partial charge in [0.05, 0.1) is 0 Å². The Morgan fingerprint density at radius 2 is 1.74 bits per heavy atom. The minimum Gasteiger partial charge on any atom is -0.451 e. The Morgan fingerprint density at radius 1 is 0.963 bits per heavy atom. The van der Waals surface area contributed by atoms with Crippen molar-refractivity contribution in [1.29, 1.82) is 0 Å². The molecule has 4 nitrogen and oxygen atoms in total. The van der Waals surface area contributed by atoms with Crippen molar-refractivity contribution in [2.45, 2.75) is 20.8 Å². The number of hydrogen-bond donors (Lipinski definition) is 2. The van der Waals surface area contributed by atoms with Gasteiger partial charge in [0, 0.05) is 15.7 Å². The highest BCUT2D eigenvalue weighted by molar-refractivity contribution is 9.10. The zero-order valence-corrected chi connectivity index (χ0v) is 17.6. The van der Waals surface area contributed by atoms with E-state index in [9.17, 15) is 4.79 Å². The zero-order valence-electron chi connectivity index (χ0n) is 15.2. The normalized spacial score (nSPS) is 10.5. The average molecular weight is 443 g/mol. The van der Waals surface area contributed by atoms with Gasteiger partial charge in [-0.15, -0.1) is 0 Å². The average Bonchev–Trinajstić information content (AvgIpc) is 3.10. The number of halogens is 1. The van der Waals surface area contributed by atoms with Gasteiger partial charge in [0.25, 0.3) is 5.91 Å². The van der Waals surface area contributed by atoms with E-state index in [0.29, 0.717) is 5.76 Å². The summed E-state index contributed by atoms with van der Waals surface area (Å²) in [7, 11) is 0. The first kappa shape index (κ1) is 19.3.